The summed E-state index contributed by atoms with van der Waals surface area (Å²) in [5.74, 6) is 3.47. The minimum absolute atomic E-state index is 0.0761. The second-order valence-electron chi connectivity index (χ2n) is 11.2. The van der Waals surface area contributed by atoms with E-state index in [0.717, 1.165) is 22.6 Å². The van der Waals surface area contributed by atoms with Gasteiger partial charge in [0.1, 0.15) is 5.75 Å². The molecular formula is C36H38N2O3SSi. The Balaban J connectivity index is 1.26. The van der Waals surface area contributed by atoms with Gasteiger partial charge in [0.2, 0.25) is 11.8 Å². The van der Waals surface area contributed by atoms with Gasteiger partial charge in [0.15, 0.2) is 0 Å². The van der Waals surface area contributed by atoms with Crippen LogP contribution in [0.2, 0.25) is 5.04 Å². The molecule has 0 unspecified atom stereocenters. The van der Waals surface area contributed by atoms with Crippen LogP contribution >= 0.6 is 11.8 Å². The third kappa shape index (κ3) is 7.54. The van der Waals surface area contributed by atoms with E-state index in [4.69, 9.17) is 13.6 Å². The quantitative estimate of drug-likeness (QED) is 0.101. The normalized spacial score (nSPS) is 12.1. The second-order valence-corrected chi connectivity index (χ2v) is 16.6. The lowest BCUT2D eigenvalue weighted by atomic mass is 10.1. The van der Waals surface area contributed by atoms with Gasteiger partial charge in [-0.2, -0.15) is 0 Å². The first-order chi connectivity index (χ1) is 21.0. The van der Waals surface area contributed by atoms with E-state index in [1.807, 2.05) is 48.5 Å². The Morgan fingerprint density at radius 2 is 1.37 bits per heavy atom. The average Bonchev–Trinajstić information content (AvgIpc) is 3.51. The number of hydrogen-bond donors (Lipinski definition) is 0. The van der Waals surface area contributed by atoms with E-state index in [0.29, 0.717) is 30.7 Å². The van der Waals surface area contributed by atoms with Gasteiger partial charge in [-0.1, -0.05) is 130 Å². The SMILES string of the molecule is CC(C)(C)[Si](OCC=Cc1ccccc1-c1nnc(CSCCOc2ccccc2)o1)(c1ccccc1)c1ccccc1. The fourth-order valence-corrected chi connectivity index (χ4v) is 10.4. The van der Waals surface area contributed by atoms with E-state index in [-0.39, 0.29) is 5.04 Å². The molecule has 0 N–H and O–H groups in total. The molecular weight excluding hydrogens is 569 g/mol. The van der Waals surface area contributed by atoms with Crippen LogP contribution in [0.25, 0.3) is 17.5 Å². The lowest BCUT2D eigenvalue weighted by molar-refractivity contribution is 0.340. The van der Waals surface area contributed by atoms with Gasteiger partial charge in [-0.05, 0) is 39.2 Å². The molecule has 5 nitrogen and oxygen atoms in total. The number of ether oxygens (including phenoxy) is 1. The first kappa shape index (κ1) is 30.5. The van der Waals surface area contributed by atoms with Crippen LogP contribution < -0.4 is 15.1 Å². The van der Waals surface area contributed by atoms with Crippen LogP contribution in [0.15, 0.2) is 126 Å². The molecule has 1 aromatic heterocycles. The fourth-order valence-electron chi connectivity index (χ4n) is 5.26. The predicted molar refractivity (Wildman–Crippen MR) is 180 cm³/mol. The van der Waals surface area contributed by atoms with E-state index in [2.05, 4.69) is 110 Å². The van der Waals surface area contributed by atoms with Crippen molar-refractivity contribution in [1.29, 1.82) is 0 Å². The molecule has 5 aromatic rings. The number of rotatable bonds is 13. The lowest BCUT2D eigenvalue weighted by Gasteiger charge is -2.42. The van der Waals surface area contributed by atoms with E-state index in [1.165, 1.54) is 10.4 Å². The second kappa shape index (κ2) is 14.5. The van der Waals surface area contributed by atoms with Crippen molar-refractivity contribution >= 4 is 36.5 Å². The summed E-state index contributed by atoms with van der Waals surface area (Å²) >= 11 is 1.71. The molecule has 1 heterocycles. The molecule has 0 bridgehead atoms. The fraction of sp³-hybridized carbons (Fsp3) is 0.222. The molecule has 0 amide bonds. The zero-order valence-electron chi connectivity index (χ0n) is 25.0. The van der Waals surface area contributed by atoms with E-state index < -0.39 is 8.32 Å². The van der Waals surface area contributed by atoms with Crippen molar-refractivity contribution in [1.82, 2.24) is 10.2 Å². The topological polar surface area (TPSA) is 57.4 Å². The highest BCUT2D eigenvalue weighted by molar-refractivity contribution is 7.98. The summed E-state index contributed by atoms with van der Waals surface area (Å²) in [4.78, 5) is 0. The number of benzene rings is 4. The van der Waals surface area contributed by atoms with Crippen LogP contribution in [-0.4, -0.2) is 37.5 Å². The Morgan fingerprint density at radius 3 is 2.02 bits per heavy atom. The van der Waals surface area contributed by atoms with E-state index in [1.54, 1.807) is 11.8 Å². The standard InChI is InChI=1S/C36H38N2O3SSi/c1-36(2,3)43(31-20-9-5-10-21-31,32-22-11-6-12-23-32)40-25-15-17-29-16-13-14-24-33(29)35-38-37-34(41-35)28-42-27-26-39-30-18-7-4-8-19-30/h4-24H,25-28H2,1-3H3. The van der Waals surface area contributed by atoms with Crippen LogP contribution in [0, 0.1) is 0 Å². The van der Waals surface area contributed by atoms with Crippen molar-refractivity contribution in [2.45, 2.75) is 31.6 Å². The van der Waals surface area contributed by atoms with Crippen molar-refractivity contribution in [2.24, 2.45) is 0 Å². The van der Waals surface area contributed by atoms with Gasteiger partial charge in [0.05, 0.1) is 19.0 Å². The predicted octanol–water partition coefficient (Wildman–Crippen LogP) is 7.64. The van der Waals surface area contributed by atoms with Crippen LogP contribution in [-0.2, 0) is 10.2 Å². The summed E-state index contributed by atoms with van der Waals surface area (Å²) in [6.07, 6.45) is 4.19. The summed E-state index contributed by atoms with van der Waals surface area (Å²) in [5, 5.41) is 11.1. The first-order valence-corrected chi connectivity index (χ1v) is 17.6. The molecule has 0 saturated heterocycles. The van der Waals surface area contributed by atoms with Gasteiger partial charge in [0.25, 0.3) is 8.32 Å². The Hall–Kier alpha value is -3.91. The van der Waals surface area contributed by atoms with Crippen LogP contribution in [0.3, 0.4) is 0 Å². The highest BCUT2D eigenvalue weighted by Crippen LogP contribution is 2.36. The number of hydrogen-bond acceptors (Lipinski definition) is 6. The molecule has 0 saturated carbocycles. The Morgan fingerprint density at radius 1 is 0.767 bits per heavy atom. The molecule has 0 aliphatic heterocycles. The van der Waals surface area contributed by atoms with Crippen molar-refractivity contribution < 1.29 is 13.6 Å². The van der Waals surface area contributed by atoms with Crippen molar-refractivity contribution in [3.05, 3.63) is 133 Å². The molecule has 0 spiro atoms. The van der Waals surface area contributed by atoms with E-state index in [9.17, 15) is 0 Å². The van der Waals surface area contributed by atoms with Crippen LogP contribution in [0.5, 0.6) is 5.75 Å². The highest BCUT2D eigenvalue weighted by Gasteiger charge is 2.49. The molecule has 0 radical (unpaired) electrons. The smallest absolute Gasteiger partial charge is 0.261 e. The number of aromatic nitrogens is 2. The third-order valence-corrected chi connectivity index (χ3v) is 13.1. The zero-order chi connectivity index (χ0) is 30.0. The van der Waals surface area contributed by atoms with Crippen molar-refractivity contribution in [3.8, 4) is 17.2 Å². The maximum atomic E-state index is 7.02. The third-order valence-electron chi connectivity index (χ3n) is 7.23. The molecule has 4 aromatic carbocycles. The van der Waals surface area contributed by atoms with Gasteiger partial charge in [0, 0.05) is 11.3 Å². The summed E-state index contributed by atoms with van der Waals surface area (Å²) < 4.78 is 18.8. The number of para-hydroxylation sites is 1. The Bertz CT molecular complexity index is 1550. The summed E-state index contributed by atoms with van der Waals surface area (Å²) in [6, 6.07) is 39.3. The number of thioether (sulfide) groups is 1. The van der Waals surface area contributed by atoms with Crippen molar-refractivity contribution in [2.75, 3.05) is 19.0 Å². The first-order valence-electron chi connectivity index (χ1n) is 14.6. The van der Waals surface area contributed by atoms with Gasteiger partial charge in [-0.15, -0.1) is 22.0 Å². The summed E-state index contributed by atoms with van der Waals surface area (Å²) in [7, 11) is -2.60. The molecule has 0 aliphatic rings. The van der Waals surface area contributed by atoms with Gasteiger partial charge in [-0.25, -0.2) is 0 Å². The monoisotopic (exact) mass is 606 g/mol. The minimum atomic E-state index is -2.60. The Labute approximate surface area is 260 Å². The lowest BCUT2D eigenvalue weighted by Crippen LogP contribution is -2.66. The van der Waals surface area contributed by atoms with Gasteiger partial charge >= 0.3 is 0 Å². The van der Waals surface area contributed by atoms with Crippen LogP contribution in [0.1, 0.15) is 32.2 Å². The molecule has 5 rings (SSSR count). The average molecular weight is 607 g/mol. The molecule has 0 aliphatic carbocycles. The molecule has 0 atom stereocenters. The summed E-state index contributed by atoms with van der Waals surface area (Å²) in [6.45, 7) is 7.98. The Kier molecular flexibility index (Phi) is 10.3. The maximum Gasteiger partial charge on any atom is 0.261 e. The van der Waals surface area contributed by atoms with Gasteiger partial charge in [-0.3, -0.25) is 0 Å². The van der Waals surface area contributed by atoms with E-state index >= 15 is 0 Å². The minimum Gasteiger partial charge on any atom is -0.493 e. The van der Waals surface area contributed by atoms with Crippen molar-refractivity contribution in [3.63, 3.8) is 0 Å². The molecule has 220 valence electrons. The summed E-state index contributed by atoms with van der Waals surface area (Å²) in [5.41, 5.74) is 1.91. The van der Waals surface area contributed by atoms with Gasteiger partial charge < -0.3 is 13.6 Å². The number of nitrogens with zero attached hydrogens (tertiary/aromatic N) is 2. The largest absolute Gasteiger partial charge is 0.493 e. The zero-order valence-corrected chi connectivity index (χ0v) is 26.8. The van der Waals surface area contributed by atoms with Crippen LogP contribution in [0.4, 0.5) is 0 Å². The highest BCUT2D eigenvalue weighted by atomic mass is 32.2. The maximum absolute atomic E-state index is 7.02. The molecule has 7 heteroatoms. The molecule has 0 fully saturated rings. The molecule has 43 heavy (non-hydrogen) atoms.